The molecule has 0 unspecified atom stereocenters. The van der Waals surface area contributed by atoms with Crippen LogP contribution in [0, 0.1) is 0 Å². The molecule has 0 bridgehead atoms. The number of rotatable bonds is 5. The number of benzene rings is 8. The fraction of sp³-hybridized carbons (Fsp3) is 0. The number of hydrogen-bond donors (Lipinski definition) is 0. The van der Waals surface area contributed by atoms with Crippen molar-refractivity contribution in [2.75, 3.05) is 0 Å². The molecule has 0 spiro atoms. The first kappa shape index (κ1) is 31.9. The second-order valence-electron chi connectivity index (χ2n) is 14.4. The lowest BCUT2D eigenvalue weighted by Gasteiger charge is -2.13. The SMILES string of the molecule is c1ccc(-c2cccc(-c3nc(-c4ccc5c(c4)sc4ccccc45)nc(-n4c5ccccc5c5ccc6c7ccccc7n(-c7ccccc7)c6c54)n3)c2)cc1. The Kier molecular flexibility index (Phi) is 7.03. The third-order valence-electron chi connectivity index (χ3n) is 11.2. The van der Waals surface area contributed by atoms with Gasteiger partial charge in [0.15, 0.2) is 11.6 Å². The van der Waals surface area contributed by atoms with E-state index in [1.54, 1.807) is 11.3 Å². The van der Waals surface area contributed by atoms with E-state index in [-0.39, 0.29) is 0 Å². The van der Waals surface area contributed by atoms with Gasteiger partial charge in [0.1, 0.15) is 0 Å². The summed E-state index contributed by atoms with van der Waals surface area (Å²) in [4.78, 5) is 16.1. The van der Waals surface area contributed by atoms with Gasteiger partial charge in [0, 0.05) is 58.5 Å². The lowest BCUT2D eigenvalue weighted by atomic mass is 10.0. The van der Waals surface area contributed by atoms with Crippen molar-refractivity contribution in [3.05, 3.63) is 188 Å². The monoisotopic (exact) mass is 745 g/mol. The molecule has 0 aliphatic rings. The van der Waals surface area contributed by atoms with Gasteiger partial charge in [-0.3, -0.25) is 4.57 Å². The highest BCUT2D eigenvalue weighted by Crippen LogP contribution is 2.42. The summed E-state index contributed by atoms with van der Waals surface area (Å²) in [6.45, 7) is 0. The van der Waals surface area contributed by atoms with Crippen molar-refractivity contribution >= 4 is 75.1 Å². The molecule has 0 aliphatic carbocycles. The Bertz CT molecular complexity index is 3520. The van der Waals surface area contributed by atoms with Crippen LogP contribution >= 0.6 is 11.3 Å². The largest absolute Gasteiger partial charge is 0.307 e. The number of para-hydroxylation sites is 3. The van der Waals surface area contributed by atoms with Gasteiger partial charge in [0.25, 0.3) is 0 Å². The first-order chi connectivity index (χ1) is 28.3. The van der Waals surface area contributed by atoms with Crippen LogP contribution in [-0.4, -0.2) is 24.1 Å². The zero-order valence-electron chi connectivity index (χ0n) is 30.5. The highest BCUT2D eigenvalue weighted by atomic mass is 32.1. The molecular formula is C51H31N5S. The summed E-state index contributed by atoms with van der Waals surface area (Å²) >= 11 is 1.80. The van der Waals surface area contributed by atoms with Gasteiger partial charge in [-0.05, 0) is 53.6 Å². The van der Waals surface area contributed by atoms with Gasteiger partial charge >= 0.3 is 0 Å². The summed E-state index contributed by atoms with van der Waals surface area (Å²) in [6.07, 6.45) is 0. The Hall–Kier alpha value is -7.41. The van der Waals surface area contributed by atoms with Crippen molar-refractivity contribution in [2.45, 2.75) is 0 Å². The lowest BCUT2D eigenvalue weighted by Crippen LogP contribution is -2.07. The highest BCUT2D eigenvalue weighted by Gasteiger charge is 2.23. The molecule has 0 aliphatic heterocycles. The number of fused-ring (bicyclic) bond motifs is 10. The van der Waals surface area contributed by atoms with Crippen LogP contribution < -0.4 is 0 Å². The van der Waals surface area contributed by atoms with Crippen LogP contribution in [0.1, 0.15) is 0 Å². The van der Waals surface area contributed by atoms with Gasteiger partial charge in [0.2, 0.25) is 5.95 Å². The first-order valence-electron chi connectivity index (χ1n) is 19.1. The van der Waals surface area contributed by atoms with Crippen LogP contribution in [0.15, 0.2) is 188 Å². The van der Waals surface area contributed by atoms with Gasteiger partial charge < -0.3 is 4.57 Å². The molecule has 12 aromatic rings. The maximum absolute atomic E-state index is 5.41. The molecule has 4 aromatic heterocycles. The van der Waals surface area contributed by atoms with Crippen LogP contribution in [0.5, 0.6) is 0 Å². The Morgan fingerprint density at radius 2 is 0.860 bits per heavy atom. The summed E-state index contributed by atoms with van der Waals surface area (Å²) in [5.41, 5.74) is 9.56. The minimum absolute atomic E-state index is 0.570. The van der Waals surface area contributed by atoms with Crippen molar-refractivity contribution in [1.82, 2.24) is 24.1 Å². The van der Waals surface area contributed by atoms with Gasteiger partial charge in [-0.1, -0.05) is 146 Å². The van der Waals surface area contributed by atoms with E-state index in [1.165, 1.54) is 30.9 Å². The van der Waals surface area contributed by atoms with Crippen molar-refractivity contribution in [1.29, 1.82) is 0 Å². The topological polar surface area (TPSA) is 48.5 Å². The molecule has 6 heteroatoms. The molecule has 8 aromatic carbocycles. The minimum Gasteiger partial charge on any atom is -0.307 e. The number of thiophene rings is 1. The Labute approximate surface area is 331 Å². The summed E-state index contributed by atoms with van der Waals surface area (Å²) in [6, 6.07) is 66.6. The second-order valence-corrected chi connectivity index (χ2v) is 15.5. The lowest BCUT2D eigenvalue weighted by molar-refractivity contribution is 0.953. The normalized spacial score (nSPS) is 11.9. The molecule has 0 radical (unpaired) electrons. The van der Waals surface area contributed by atoms with Crippen molar-refractivity contribution in [3.63, 3.8) is 0 Å². The maximum atomic E-state index is 5.41. The van der Waals surface area contributed by atoms with Crippen LogP contribution in [-0.2, 0) is 0 Å². The smallest absolute Gasteiger partial charge is 0.238 e. The second kappa shape index (κ2) is 12.6. The summed E-state index contributed by atoms with van der Waals surface area (Å²) in [5.74, 6) is 1.81. The zero-order chi connectivity index (χ0) is 37.5. The summed E-state index contributed by atoms with van der Waals surface area (Å²) in [5, 5.41) is 7.15. The third kappa shape index (κ3) is 4.98. The molecule has 0 amide bonds. The van der Waals surface area contributed by atoms with E-state index in [2.05, 4.69) is 191 Å². The van der Waals surface area contributed by atoms with Gasteiger partial charge in [-0.25, -0.2) is 4.98 Å². The van der Waals surface area contributed by atoms with Gasteiger partial charge in [-0.2, -0.15) is 9.97 Å². The van der Waals surface area contributed by atoms with Crippen molar-refractivity contribution in [2.24, 2.45) is 0 Å². The predicted molar refractivity (Wildman–Crippen MR) is 238 cm³/mol. The Balaban J connectivity index is 1.19. The average molecular weight is 746 g/mol. The molecule has 0 saturated carbocycles. The fourth-order valence-corrected chi connectivity index (χ4v) is 9.76. The van der Waals surface area contributed by atoms with Crippen LogP contribution in [0.4, 0.5) is 0 Å². The Morgan fingerprint density at radius 1 is 0.333 bits per heavy atom. The molecule has 4 heterocycles. The van der Waals surface area contributed by atoms with Crippen molar-refractivity contribution < 1.29 is 0 Å². The minimum atomic E-state index is 0.570. The predicted octanol–water partition coefficient (Wildman–Crippen LogP) is 13.4. The molecule has 57 heavy (non-hydrogen) atoms. The summed E-state index contributed by atoms with van der Waals surface area (Å²) < 4.78 is 7.13. The van der Waals surface area contributed by atoms with E-state index in [4.69, 9.17) is 15.0 Å². The van der Waals surface area contributed by atoms with E-state index >= 15 is 0 Å². The number of aromatic nitrogens is 5. The van der Waals surface area contributed by atoms with Gasteiger partial charge in [-0.15, -0.1) is 11.3 Å². The maximum Gasteiger partial charge on any atom is 0.238 e. The Morgan fingerprint density at radius 3 is 1.60 bits per heavy atom. The van der Waals surface area contributed by atoms with Crippen molar-refractivity contribution in [3.8, 4) is 45.5 Å². The van der Waals surface area contributed by atoms with E-state index in [9.17, 15) is 0 Å². The molecular weight excluding hydrogens is 715 g/mol. The van der Waals surface area contributed by atoms with E-state index < -0.39 is 0 Å². The molecule has 12 rings (SSSR count). The summed E-state index contributed by atoms with van der Waals surface area (Å²) in [7, 11) is 0. The third-order valence-corrected chi connectivity index (χ3v) is 12.3. The van der Waals surface area contributed by atoms with E-state index in [0.717, 1.165) is 60.8 Å². The molecule has 0 atom stereocenters. The van der Waals surface area contributed by atoms with Crippen LogP contribution in [0.3, 0.4) is 0 Å². The highest BCUT2D eigenvalue weighted by molar-refractivity contribution is 7.25. The van der Waals surface area contributed by atoms with Crippen LogP contribution in [0.2, 0.25) is 0 Å². The zero-order valence-corrected chi connectivity index (χ0v) is 31.4. The first-order valence-corrected chi connectivity index (χ1v) is 19.9. The number of nitrogens with zero attached hydrogens (tertiary/aromatic N) is 5. The molecule has 0 saturated heterocycles. The van der Waals surface area contributed by atoms with E-state index in [1.807, 2.05) is 6.07 Å². The molecule has 266 valence electrons. The van der Waals surface area contributed by atoms with Crippen LogP contribution in [0.25, 0.3) is 109 Å². The average Bonchev–Trinajstić information content (AvgIpc) is 3.94. The van der Waals surface area contributed by atoms with Gasteiger partial charge in [0.05, 0.1) is 22.1 Å². The quantitative estimate of drug-likeness (QED) is 0.176. The standard InChI is InChI=1S/C51H31N5S/c1-3-14-32(15-4-1)33-16-13-17-34(30-33)49-52-50(35-26-27-40-39-22-9-12-25-45(39)57-46(40)31-35)54-51(53-49)56-44-24-11-8-21-38(44)42-29-28-41-37-20-7-10-23-43(37)55(47(41)48(42)56)36-18-5-2-6-19-36/h1-31H. The fourth-order valence-electron chi connectivity index (χ4n) is 8.61. The molecule has 0 fully saturated rings. The molecule has 0 N–H and O–H groups in total. The molecule has 5 nitrogen and oxygen atoms in total. The van der Waals surface area contributed by atoms with E-state index in [0.29, 0.717) is 17.6 Å². The number of hydrogen-bond acceptors (Lipinski definition) is 4.